The molecule has 3 rings (SSSR count). The summed E-state index contributed by atoms with van der Waals surface area (Å²) in [7, 11) is 0. The lowest BCUT2D eigenvalue weighted by molar-refractivity contribution is -0.132. The Kier molecular flexibility index (Phi) is 7.80. The Bertz CT molecular complexity index is 747. The largest absolute Gasteiger partial charge is 0.342 e. The summed E-state index contributed by atoms with van der Waals surface area (Å²) in [6, 6.07) is 2.94. The lowest BCUT2D eigenvalue weighted by Crippen LogP contribution is -2.52. The van der Waals surface area contributed by atoms with Crippen LogP contribution in [0, 0.1) is 0 Å². The molecule has 0 bridgehead atoms. The van der Waals surface area contributed by atoms with Crippen LogP contribution in [-0.4, -0.2) is 82.1 Å². The van der Waals surface area contributed by atoms with E-state index in [4.69, 9.17) is 0 Å². The summed E-state index contributed by atoms with van der Waals surface area (Å²) in [5.74, 6) is 0.0603. The smallest absolute Gasteiger partial charge is 0.274 e. The molecule has 2 fully saturated rings. The quantitative estimate of drug-likeness (QED) is 0.713. The highest BCUT2D eigenvalue weighted by atomic mass is 16.2. The van der Waals surface area contributed by atoms with Gasteiger partial charge in [0.2, 0.25) is 5.91 Å². The monoisotopic (exact) mass is 403 g/mol. The number of nitrogens with zero attached hydrogens (tertiary/aromatic N) is 5. The first-order chi connectivity index (χ1) is 14.1. The molecule has 2 saturated heterocycles. The first kappa shape index (κ1) is 21.5. The van der Waals surface area contributed by atoms with Gasteiger partial charge in [0.25, 0.3) is 11.5 Å². The van der Waals surface area contributed by atoms with Crippen LogP contribution in [0.5, 0.6) is 0 Å². The maximum Gasteiger partial charge on any atom is 0.274 e. The number of rotatable bonds is 6. The van der Waals surface area contributed by atoms with Crippen LogP contribution >= 0.6 is 0 Å². The number of carbonyl (C=O) groups excluding carboxylic acids is 2. The number of piperazine rings is 1. The van der Waals surface area contributed by atoms with Crippen molar-refractivity contribution in [1.29, 1.82) is 0 Å². The molecular weight excluding hydrogens is 370 g/mol. The summed E-state index contributed by atoms with van der Waals surface area (Å²) in [4.78, 5) is 43.2. The highest BCUT2D eigenvalue weighted by molar-refractivity contribution is 5.92. The van der Waals surface area contributed by atoms with E-state index in [-0.39, 0.29) is 17.4 Å². The average molecular weight is 404 g/mol. The van der Waals surface area contributed by atoms with Crippen LogP contribution in [-0.2, 0) is 11.3 Å². The lowest BCUT2D eigenvalue weighted by Gasteiger charge is -2.35. The van der Waals surface area contributed by atoms with Gasteiger partial charge in [0.15, 0.2) is 0 Å². The molecule has 0 N–H and O–H groups in total. The van der Waals surface area contributed by atoms with Crippen LogP contribution in [0.3, 0.4) is 0 Å². The molecule has 8 nitrogen and oxygen atoms in total. The lowest BCUT2D eigenvalue weighted by atomic mass is 10.2. The molecule has 29 heavy (non-hydrogen) atoms. The SMILES string of the molecule is CCCCn1nc(C(=O)N2CCN(CC(=O)N3CCCCCC3)CC2)ccc1=O. The maximum atomic E-state index is 12.8. The van der Waals surface area contributed by atoms with Crippen molar-refractivity contribution < 1.29 is 9.59 Å². The third kappa shape index (κ3) is 5.88. The second-order valence-corrected chi connectivity index (χ2v) is 8.00. The van der Waals surface area contributed by atoms with Crippen molar-refractivity contribution in [2.24, 2.45) is 0 Å². The second kappa shape index (κ2) is 10.5. The number of aryl methyl sites for hydroxylation is 1. The third-order valence-electron chi connectivity index (χ3n) is 5.79. The molecular formula is C21H33N5O3. The van der Waals surface area contributed by atoms with E-state index in [1.165, 1.54) is 29.7 Å². The van der Waals surface area contributed by atoms with Gasteiger partial charge in [-0.1, -0.05) is 26.2 Å². The Morgan fingerprint density at radius 2 is 1.62 bits per heavy atom. The summed E-state index contributed by atoms with van der Waals surface area (Å²) in [5.41, 5.74) is 0.140. The molecule has 0 aromatic carbocycles. The molecule has 2 aliphatic heterocycles. The molecule has 8 heteroatoms. The third-order valence-corrected chi connectivity index (χ3v) is 5.79. The maximum absolute atomic E-state index is 12.8. The van der Waals surface area contributed by atoms with Crippen LogP contribution in [0.4, 0.5) is 0 Å². The van der Waals surface area contributed by atoms with Crippen LogP contribution in [0.1, 0.15) is 55.9 Å². The standard InChI is InChI=1S/C21H33N5O3/c1-2-3-12-26-19(27)9-8-18(22-26)21(29)25-15-13-23(14-16-25)17-20(28)24-10-6-4-5-7-11-24/h8-9H,2-7,10-17H2,1H3. The van der Waals surface area contributed by atoms with E-state index >= 15 is 0 Å². The number of likely N-dealkylation sites (tertiary alicyclic amines) is 1. The molecule has 2 aliphatic rings. The van der Waals surface area contributed by atoms with Gasteiger partial charge in [0.1, 0.15) is 5.69 Å². The topological polar surface area (TPSA) is 78.8 Å². The first-order valence-electron chi connectivity index (χ1n) is 11.0. The van der Waals surface area contributed by atoms with Crippen LogP contribution in [0.15, 0.2) is 16.9 Å². The van der Waals surface area contributed by atoms with Crippen LogP contribution in [0.25, 0.3) is 0 Å². The number of hydrogen-bond donors (Lipinski definition) is 0. The van der Waals surface area contributed by atoms with E-state index in [1.54, 1.807) is 4.90 Å². The molecule has 0 atom stereocenters. The van der Waals surface area contributed by atoms with Gasteiger partial charge in [-0.15, -0.1) is 0 Å². The van der Waals surface area contributed by atoms with E-state index in [2.05, 4.69) is 16.9 Å². The fraction of sp³-hybridized carbons (Fsp3) is 0.714. The minimum absolute atomic E-state index is 0.145. The van der Waals surface area contributed by atoms with Gasteiger partial charge >= 0.3 is 0 Å². The Morgan fingerprint density at radius 3 is 2.28 bits per heavy atom. The Balaban J connectivity index is 1.51. The zero-order valence-corrected chi connectivity index (χ0v) is 17.5. The van der Waals surface area contributed by atoms with E-state index in [9.17, 15) is 14.4 Å². The molecule has 0 saturated carbocycles. The highest BCUT2D eigenvalue weighted by Gasteiger charge is 2.26. The van der Waals surface area contributed by atoms with Gasteiger partial charge in [0.05, 0.1) is 6.54 Å². The molecule has 0 aliphatic carbocycles. The highest BCUT2D eigenvalue weighted by Crippen LogP contribution is 2.11. The van der Waals surface area contributed by atoms with Crippen LogP contribution in [0.2, 0.25) is 0 Å². The number of unbranched alkanes of at least 4 members (excludes halogenated alkanes) is 1. The molecule has 1 aromatic rings. The molecule has 3 heterocycles. The van der Waals surface area contributed by atoms with Crippen molar-refractivity contribution in [3.8, 4) is 0 Å². The molecule has 1 aromatic heterocycles. The molecule has 0 unspecified atom stereocenters. The zero-order valence-electron chi connectivity index (χ0n) is 17.5. The van der Waals surface area contributed by atoms with Crippen molar-refractivity contribution in [3.05, 3.63) is 28.2 Å². The average Bonchev–Trinajstić information content (AvgIpc) is 3.03. The van der Waals surface area contributed by atoms with E-state index in [0.29, 0.717) is 45.0 Å². The minimum Gasteiger partial charge on any atom is -0.342 e. The van der Waals surface area contributed by atoms with Gasteiger partial charge in [-0.2, -0.15) is 5.10 Å². The van der Waals surface area contributed by atoms with Gasteiger partial charge in [0, 0.05) is 51.9 Å². The zero-order chi connectivity index (χ0) is 20.6. The van der Waals surface area contributed by atoms with Crippen molar-refractivity contribution in [1.82, 2.24) is 24.5 Å². The van der Waals surface area contributed by atoms with Gasteiger partial charge in [-0.3, -0.25) is 19.3 Å². The van der Waals surface area contributed by atoms with E-state index < -0.39 is 0 Å². The first-order valence-corrected chi connectivity index (χ1v) is 11.0. The molecule has 2 amide bonds. The predicted octanol–water partition coefficient (Wildman–Crippen LogP) is 1.20. The fourth-order valence-corrected chi connectivity index (χ4v) is 3.91. The van der Waals surface area contributed by atoms with Crippen molar-refractivity contribution in [3.63, 3.8) is 0 Å². The normalized spacial score (nSPS) is 18.5. The van der Waals surface area contributed by atoms with Crippen molar-refractivity contribution >= 4 is 11.8 Å². The predicted molar refractivity (Wildman–Crippen MR) is 111 cm³/mol. The summed E-state index contributed by atoms with van der Waals surface area (Å²) in [5, 5.41) is 4.26. The number of amides is 2. The molecule has 0 spiro atoms. The molecule has 0 radical (unpaired) electrons. The van der Waals surface area contributed by atoms with Gasteiger partial charge in [-0.25, -0.2) is 4.68 Å². The number of hydrogen-bond acceptors (Lipinski definition) is 5. The van der Waals surface area contributed by atoms with E-state index in [1.807, 2.05) is 4.90 Å². The number of carbonyl (C=O) groups is 2. The second-order valence-electron chi connectivity index (χ2n) is 8.00. The van der Waals surface area contributed by atoms with Gasteiger partial charge in [-0.05, 0) is 25.3 Å². The summed E-state index contributed by atoms with van der Waals surface area (Å²) < 4.78 is 1.38. The van der Waals surface area contributed by atoms with E-state index in [0.717, 1.165) is 38.8 Å². The summed E-state index contributed by atoms with van der Waals surface area (Å²) in [6.45, 7) is 7.26. The molecule has 160 valence electrons. The minimum atomic E-state index is -0.174. The van der Waals surface area contributed by atoms with Crippen molar-refractivity contribution in [2.75, 3.05) is 45.8 Å². The summed E-state index contributed by atoms with van der Waals surface area (Å²) >= 11 is 0. The van der Waals surface area contributed by atoms with Crippen LogP contribution < -0.4 is 5.56 Å². The number of aromatic nitrogens is 2. The Labute approximate surface area is 172 Å². The fourth-order valence-electron chi connectivity index (χ4n) is 3.91. The van der Waals surface area contributed by atoms with Crippen molar-refractivity contribution in [2.45, 2.75) is 52.0 Å². The summed E-state index contributed by atoms with van der Waals surface area (Å²) in [6.07, 6.45) is 6.44. The van der Waals surface area contributed by atoms with Gasteiger partial charge < -0.3 is 9.80 Å². The Morgan fingerprint density at radius 1 is 0.931 bits per heavy atom. The Hall–Kier alpha value is -2.22.